The second-order valence-electron chi connectivity index (χ2n) is 5.49. The van der Waals surface area contributed by atoms with Gasteiger partial charge in [-0.2, -0.15) is 18.3 Å². The first-order valence-corrected chi connectivity index (χ1v) is 7.73. The number of alkyl halides is 3. The first-order chi connectivity index (χ1) is 12.7. The van der Waals surface area contributed by atoms with Crippen LogP contribution in [0.15, 0.2) is 53.6 Å². The third kappa shape index (κ3) is 6.81. The number of rotatable bonds is 7. The van der Waals surface area contributed by atoms with Crippen LogP contribution in [0.2, 0.25) is 0 Å². The van der Waals surface area contributed by atoms with Crippen molar-refractivity contribution in [1.29, 1.82) is 0 Å². The third-order valence-electron chi connectivity index (χ3n) is 3.28. The molecule has 0 fully saturated rings. The summed E-state index contributed by atoms with van der Waals surface area (Å²) in [5.74, 6) is -0.698. The van der Waals surface area contributed by atoms with Crippen molar-refractivity contribution in [3.05, 3.63) is 65.2 Å². The molecule has 9 heteroatoms. The second-order valence-corrected chi connectivity index (χ2v) is 5.49. The summed E-state index contributed by atoms with van der Waals surface area (Å²) in [7, 11) is 0. The van der Waals surface area contributed by atoms with E-state index in [0.29, 0.717) is 11.3 Å². The maximum atomic E-state index is 12.7. The number of ether oxygens (including phenoxy) is 1. The summed E-state index contributed by atoms with van der Waals surface area (Å²) < 4.78 is 43.1. The minimum atomic E-state index is -4.46. The Balaban J connectivity index is 1.87. The first kappa shape index (κ1) is 20.0. The monoisotopic (exact) mass is 379 g/mol. The predicted molar refractivity (Wildman–Crippen MR) is 92.0 cm³/mol. The number of nitrogens with one attached hydrogen (secondary N) is 1. The molecule has 0 radical (unpaired) electrons. The molecule has 27 heavy (non-hydrogen) atoms. The minimum absolute atomic E-state index is 0.230. The van der Waals surface area contributed by atoms with E-state index in [1.807, 2.05) is 0 Å². The van der Waals surface area contributed by atoms with Gasteiger partial charge in [0, 0.05) is 0 Å². The molecule has 2 aromatic rings. The Morgan fingerprint density at radius 1 is 1.15 bits per heavy atom. The van der Waals surface area contributed by atoms with E-state index in [1.54, 1.807) is 24.3 Å². The molecule has 0 saturated carbocycles. The fraction of sp³-hybridized carbons (Fsp3) is 0.167. The van der Waals surface area contributed by atoms with Gasteiger partial charge in [0.05, 0.1) is 18.2 Å². The summed E-state index contributed by atoms with van der Waals surface area (Å²) >= 11 is 0. The highest BCUT2D eigenvalue weighted by molar-refractivity contribution is 5.83. The zero-order chi connectivity index (χ0) is 19.9. The highest BCUT2D eigenvalue weighted by atomic mass is 19.4. The van der Waals surface area contributed by atoms with Crippen molar-refractivity contribution in [1.82, 2.24) is 5.43 Å². The van der Waals surface area contributed by atoms with Crippen molar-refractivity contribution in [3.8, 4) is 5.75 Å². The van der Waals surface area contributed by atoms with Gasteiger partial charge in [-0.15, -0.1) is 0 Å². The molecule has 6 nitrogen and oxygen atoms in total. The van der Waals surface area contributed by atoms with E-state index >= 15 is 0 Å². The molecule has 0 bridgehead atoms. The van der Waals surface area contributed by atoms with E-state index in [0.717, 1.165) is 12.1 Å². The third-order valence-corrected chi connectivity index (χ3v) is 3.28. The molecule has 0 spiro atoms. The van der Waals surface area contributed by atoms with Crippen LogP contribution in [0.4, 0.5) is 13.2 Å². The molecule has 0 aliphatic carbocycles. The van der Waals surface area contributed by atoms with Gasteiger partial charge in [0.1, 0.15) is 5.75 Å². The van der Waals surface area contributed by atoms with Crippen LogP contribution in [0.3, 0.4) is 0 Å². The number of halogens is 3. The maximum absolute atomic E-state index is 12.7. The van der Waals surface area contributed by atoms with E-state index in [-0.39, 0.29) is 18.6 Å². The summed E-state index contributed by atoms with van der Waals surface area (Å²) in [6.07, 6.45) is -3.33. The molecule has 0 atom stereocenters. The van der Waals surface area contributed by atoms with Gasteiger partial charge in [0.25, 0.3) is 5.91 Å². The molecule has 142 valence electrons. The number of nitrogens with two attached hydrogens (primary N) is 1. The van der Waals surface area contributed by atoms with Crippen LogP contribution in [-0.2, 0) is 22.2 Å². The number of hydrogen-bond donors (Lipinski definition) is 2. The number of amides is 2. The van der Waals surface area contributed by atoms with Crippen molar-refractivity contribution >= 4 is 18.0 Å². The van der Waals surface area contributed by atoms with Crippen LogP contribution in [-0.4, -0.2) is 24.6 Å². The van der Waals surface area contributed by atoms with Gasteiger partial charge in [-0.25, -0.2) is 5.43 Å². The summed E-state index contributed by atoms with van der Waals surface area (Å²) in [6.45, 7) is -0.237. The highest BCUT2D eigenvalue weighted by Crippen LogP contribution is 2.29. The number of benzene rings is 2. The fourth-order valence-corrected chi connectivity index (χ4v) is 2.07. The van der Waals surface area contributed by atoms with Gasteiger partial charge >= 0.3 is 6.18 Å². The maximum Gasteiger partial charge on any atom is 0.416 e. The van der Waals surface area contributed by atoms with E-state index < -0.39 is 23.6 Å². The molecule has 0 heterocycles. The zero-order valence-electron chi connectivity index (χ0n) is 14.0. The lowest BCUT2D eigenvalue weighted by atomic mass is 10.1. The van der Waals surface area contributed by atoms with Gasteiger partial charge in [-0.05, 0) is 41.5 Å². The molecular formula is C18H16F3N3O3. The van der Waals surface area contributed by atoms with Gasteiger partial charge in [-0.1, -0.05) is 18.2 Å². The Kier molecular flexibility index (Phi) is 6.53. The lowest BCUT2D eigenvalue weighted by Gasteiger charge is -2.08. The van der Waals surface area contributed by atoms with Crippen LogP contribution in [0.5, 0.6) is 5.75 Å². The number of primary amides is 1. The number of hydrogen-bond acceptors (Lipinski definition) is 4. The van der Waals surface area contributed by atoms with Gasteiger partial charge in [-0.3, -0.25) is 9.59 Å². The van der Waals surface area contributed by atoms with Crippen LogP contribution >= 0.6 is 0 Å². The molecule has 2 aromatic carbocycles. The summed E-state index contributed by atoms with van der Waals surface area (Å²) in [6, 6.07) is 11.0. The molecule has 0 aliphatic heterocycles. The van der Waals surface area contributed by atoms with E-state index in [9.17, 15) is 22.8 Å². The van der Waals surface area contributed by atoms with Gasteiger partial charge in [0.15, 0.2) is 6.61 Å². The van der Waals surface area contributed by atoms with Crippen molar-refractivity contribution in [2.75, 3.05) is 6.61 Å². The zero-order valence-corrected chi connectivity index (χ0v) is 14.0. The van der Waals surface area contributed by atoms with Crippen LogP contribution in [0, 0.1) is 0 Å². The van der Waals surface area contributed by atoms with Crippen molar-refractivity contribution in [2.24, 2.45) is 10.8 Å². The first-order valence-electron chi connectivity index (χ1n) is 7.73. The molecule has 0 saturated heterocycles. The van der Waals surface area contributed by atoms with Crippen molar-refractivity contribution in [3.63, 3.8) is 0 Å². The number of carbonyl (C=O) groups is 2. The smallest absolute Gasteiger partial charge is 0.416 e. The average molecular weight is 379 g/mol. The lowest BCUT2D eigenvalue weighted by Crippen LogP contribution is -2.20. The molecule has 0 aromatic heterocycles. The number of hydrazone groups is 1. The summed E-state index contributed by atoms with van der Waals surface area (Å²) in [5, 5.41) is 3.75. The second kappa shape index (κ2) is 8.84. The highest BCUT2D eigenvalue weighted by Gasteiger charge is 2.30. The van der Waals surface area contributed by atoms with E-state index in [4.69, 9.17) is 10.5 Å². The quantitative estimate of drug-likeness (QED) is 0.571. The molecule has 2 amide bonds. The fourth-order valence-electron chi connectivity index (χ4n) is 2.07. The van der Waals surface area contributed by atoms with Crippen molar-refractivity contribution < 1.29 is 27.5 Å². The minimum Gasteiger partial charge on any atom is -0.484 e. The van der Waals surface area contributed by atoms with Crippen LogP contribution in [0.25, 0.3) is 0 Å². The van der Waals surface area contributed by atoms with Crippen LogP contribution in [0.1, 0.15) is 16.7 Å². The number of nitrogens with zero attached hydrogens (tertiary/aromatic N) is 1. The SMILES string of the molecule is NC(=O)COc1ccc(/C=N\NC(=O)Cc2cccc(C(F)(F)F)c2)cc1. The number of carbonyl (C=O) groups excluding carboxylic acids is 2. The Morgan fingerprint density at radius 2 is 1.85 bits per heavy atom. The molecule has 0 aliphatic rings. The molecular weight excluding hydrogens is 363 g/mol. The van der Waals surface area contributed by atoms with Gasteiger partial charge < -0.3 is 10.5 Å². The Labute approximate surface area is 152 Å². The Bertz CT molecular complexity index is 834. The molecule has 0 unspecified atom stereocenters. The summed E-state index contributed by atoms with van der Waals surface area (Å²) in [5.41, 5.74) is 7.28. The average Bonchev–Trinajstić information content (AvgIpc) is 2.60. The summed E-state index contributed by atoms with van der Waals surface area (Å²) in [4.78, 5) is 22.4. The van der Waals surface area contributed by atoms with Gasteiger partial charge in [0.2, 0.25) is 5.91 Å². The van der Waals surface area contributed by atoms with Crippen LogP contribution < -0.4 is 15.9 Å². The van der Waals surface area contributed by atoms with Crippen molar-refractivity contribution in [2.45, 2.75) is 12.6 Å². The topological polar surface area (TPSA) is 93.8 Å². The van der Waals surface area contributed by atoms with E-state index in [1.165, 1.54) is 18.3 Å². The Hall–Kier alpha value is -3.36. The standard InChI is InChI=1S/C18H16F3N3O3/c19-18(20,21)14-3-1-2-13(8-14)9-17(26)24-23-10-12-4-6-15(7-5-12)27-11-16(22)25/h1-8,10H,9,11H2,(H2,22,25)(H,24,26)/b23-10-. The Morgan fingerprint density at radius 3 is 2.48 bits per heavy atom. The predicted octanol–water partition coefficient (Wildman–Crippen LogP) is 2.26. The lowest BCUT2D eigenvalue weighted by molar-refractivity contribution is -0.137. The molecule has 2 rings (SSSR count). The molecule has 3 N–H and O–H groups in total. The normalized spacial score (nSPS) is 11.4. The largest absolute Gasteiger partial charge is 0.484 e. The van der Waals surface area contributed by atoms with E-state index in [2.05, 4.69) is 10.5 Å².